The van der Waals surface area contributed by atoms with Crippen LogP contribution in [0, 0.1) is 5.82 Å². The highest BCUT2D eigenvalue weighted by Gasteiger charge is 2.37. The van der Waals surface area contributed by atoms with Crippen molar-refractivity contribution in [3.8, 4) is 0 Å². The minimum atomic E-state index is -0.328. The van der Waals surface area contributed by atoms with Crippen LogP contribution in [-0.4, -0.2) is 29.6 Å². The first-order valence-corrected chi connectivity index (χ1v) is 9.09. The predicted octanol–water partition coefficient (Wildman–Crippen LogP) is 3.59. The molecule has 2 aromatic carbocycles. The molecule has 4 nitrogen and oxygen atoms in total. The number of ketones is 2. The molecule has 0 radical (unpaired) electrons. The molecule has 138 valence electrons. The van der Waals surface area contributed by atoms with Crippen molar-refractivity contribution in [1.29, 1.82) is 0 Å². The van der Waals surface area contributed by atoms with Crippen molar-refractivity contribution in [2.45, 2.75) is 25.3 Å². The normalized spacial score (nSPS) is 20.2. The second kappa shape index (κ2) is 7.35. The fraction of sp³-hybridized carbons (Fsp3) is 0.273. The van der Waals surface area contributed by atoms with Gasteiger partial charge in [-0.3, -0.25) is 9.59 Å². The van der Waals surface area contributed by atoms with Crippen LogP contribution >= 0.6 is 0 Å². The van der Waals surface area contributed by atoms with Gasteiger partial charge in [0.15, 0.2) is 11.6 Å². The van der Waals surface area contributed by atoms with Crippen molar-refractivity contribution < 1.29 is 18.7 Å². The van der Waals surface area contributed by atoms with Crippen LogP contribution in [0.1, 0.15) is 29.9 Å². The molecule has 0 aromatic heterocycles. The number of allylic oxidation sites excluding steroid dienone is 1. The number of carbonyl (C=O) groups is 2. The van der Waals surface area contributed by atoms with Crippen molar-refractivity contribution in [2.24, 2.45) is 0 Å². The molecule has 1 saturated carbocycles. The van der Waals surface area contributed by atoms with E-state index in [1.807, 2.05) is 35.2 Å². The molecular weight excluding hydrogens is 345 g/mol. The summed E-state index contributed by atoms with van der Waals surface area (Å²) in [5.41, 5.74) is 2.10. The number of rotatable bonds is 3. The summed E-state index contributed by atoms with van der Waals surface area (Å²) < 4.78 is 18.8. The Morgan fingerprint density at radius 3 is 2.30 bits per heavy atom. The first-order chi connectivity index (χ1) is 13.1. The van der Waals surface area contributed by atoms with E-state index in [0.717, 1.165) is 11.1 Å². The van der Waals surface area contributed by atoms with Crippen molar-refractivity contribution in [3.63, 3.8) is 0 Å². The largest absolute Gasteiger partial charge is 0.477 e. The van der Waals surface area contributed by atoms with Gasteiger partial charge in [-0.15, -0.1) is 0 Å². The van der Waals surface area contributed by atoms with Crippen LogP contribution < -0.4 is 0 Å². The molecule has 0 atom stereocenters. The van der Waals surface area contributed by atoms with E-state index in [1.54, 1.807) is 12.1 Å². The van der Waals surface area contributed by atoms with Gasteiger partial charge in [0.05, 0.1) is 6.54 Å². The summed E-state index contributed by atoms with van der Waals surface area (Å²) in [6.07, 6.45) is 0.470. The van der Waals surface area contributed by atoms with Gasteiger partial charge in [0.1, 0.15) is 18.0 Å². The molecule has 1 aliphatic heterocycles. The summed E-state index contributed by atoms with van der Waals surface area (Å²) >= 11 is 0. The molecule has 1 aliphatic carbocycles. The predicted molar refractivity (Wildman–Crippen MR) is 98.2 cm³/mol. The Kier molecular flexibility index (Phi) is 4.75. The lowest BCUT2D eigenvalue weighted by Crippen LogP contribution is -2.30. The van der Waals surface area contributed by atoms with E-state index in [4.69, 9.17) is 4.74 Å². The third-order valence-corrected chi connectivity index (χ3v) is 5.08. The summed E-state index contributed by atoms with van der Waals surface area (Å²) in [7, 11) is 0. The monoisotopic (exact) mass is 365 g/mol. The Balaban J connectivity index is 1.57. The summed E-state index contributed by atoms with van der Waals surface area (Å²) in [6, 6.07) is 15.9. The molecular formula is C22H20FNO3. The fourth-order valence-electron chi connectivity index (χ4n) is 3.72. The highest BCUT2D eigenvalue weighted by molar-refractivity contribution is 6.22. The van der Waals surface area contributed by atoms with E-state index < -0.39 is 0 Å². The molecule has 5 heteroatoms. The Morgan fingerprint density at radius 2 is 1.63 bits per heavy atom. The molecule has 0 amide bonds. The van der Waals surface area contributed by atoms with E-state index in [2.05, 4.69) is 0 Å². The van der Waals surface area contributed by atoms with Crippen LogP contribution in [0.2, 0.25) is 0 Å². The molecule has 0 spiro atoms. The number of halogens is 1. The molecule has 27 heavy (non-hydrogen) atoms. The maximum atomic E-state index is 13.1. The minimum Gasteiger partial charge on any atom is -0.477 e. The van der Waals surface area contributed by atoms with Crippen LogP contribution in [0.3, 0.4) is 0 Å². The standard InChI is InChI=1S/C22H20FNO3/c23-18-8-6-16(7-9-18)17-12-19(25)21(20(26)13-17)22-24(10-11-27-22)14-15-4-2-1-3-5-15/h1-9,17H,10-14H2. The number of nitrogens with zero attached hydrogens (tertiary/aromatic N) is 1. The number of Topliss-reactive ketones (excluding diaryl/α,β-unsaturated/α-hetero) is 2. The molecule has 0 unspecified atom stereocenters. The number of hydrogen-bond donors (Lipinski definition) is 0. The van der Waals surface area contributed by atoms with E-state index >= 15 is 0 Å². The lowest BCUT2D eigenvalue weighted by molar-refractivity contribution is -0.125. The molecule has 1 heterocycles. The van der Waals surface area contributed by atoms with Crippen LogP contribution in [-0.2, 0) is 20.9 Å². The summed E-state index contributed by atoms with van der Waals surface area (Å²) in [5.74, 6) is -0.526. The molecule has 2 aliphatic rings. The van der Waals surface area contributed by atoms with Gasteiger partial charge in [-0.2, -0.15) is 0 Å². The summed E-state index contributed by atoms with van der Waals surface area (Å²) in [6.45, 7) is 1.71. The number of carbonyl (C=O) groups excluding carboxylic acids is 2. The van der Waals surface area contributed by atoms with Gasteiger partial charge >= 0.3 is 0 Å². The number of ether oxygens (including phenoxy) is 1. The zero-order chi connectivity index (χ0) is 18.8. The Hall–Kier alpha value is -2.95. The molecule has 1 saturated heterocycles. The van der Waals surface area contributed by atoms with Crippen LogP contribution in [0.4, 0.5) is 4.39 Å². The maximum absolute atomic E-state index is 13.1. The lowest BCUT2D eigenvalue weighted by Gasteiger charge is -2.25. The highest BCUT2D eigenvalue weighted by atomic mass is 19.1. The second-order valence-corrected chi connectivity index (χ2v) is 6.94. The third kappa shape index (κ3) is 3.63. The molecule has 2 fully saturated rings. The summed E-state index contributed by atoms with van der Waals surface area (Å²) in [4.78, 5) is 27.5. The number of benzene rings is 2. The van der Waals surface area contributed by atoms with Crippen LogP contribution in [0.15, 0.2) is 66.1 Å². The molecule has 0 bridgehead atoms. The van der Waals surface area contributed by atoms with Gasteiger partial charge in [0, 0.05) is 19.4 Å². The average Bonchev–Trinajstić information content (AvgIpc) is 3.10. The zero-order valence-corrected chi connectivity index (χ0v) is 14.9. The third-order valence-electron chi connectivity index (χ3n) is 5.08. The fourth-order valence-corrected chi connectivity index (χ4v) is 3.72. The maximum Gasteiger partial charge on any atom is 0.204 e. The van der Waals surface area contributed by atoms with Gasteiger partial charge in [0.25, 0.3) is 0 Å². The molecule has 0 N–H and O–H groups in total. The molecule has 4 rings (SSSR count). The lowest BCUT2D eigenvalue weighted by atomic mass is 9.80. The van der Waals surface area contributed by atoms with Gasteiger partial charge in [0.2, 0.25) is 5.88 Å². The van der Waals surface area contributed by atoms with Gasteiger partial charge in [-0.25, -0.2) is 4.39 Å². The van der Waals surface area contributed by atoms with E-state index in [1.165, 1.54) is 12.1 Å². The van der Waals surface area contributed by atoms with Gasteiger partial charge < -0.3 is 9.64 Å². The van der Waals surface area contributed by atoms with Crippen molar-refractivity contribution >= 4 is 11.6 Å². The van der Waals surface area contributed by atoms with Crippen molar-refractivity contribution in [3.05, 3.63) is 83.0 Å². The van der Waals surface area contributed by atoms with Gasteiger partial charge in [-0.1, -0.05) is 42.5 Å². The zero-order valence-electron chi connectivity index (χ0n) is 14.9. The average molecular weight is 365 g/mol. The van der Waals surface area contributed by atoms with E-state index in [0.29, 0.717) is 25.6 Å². The second-order valence-electron chi connectivity index (χ2n) is 6.94. The van der Waals surface area contributed by atoms with Crippen LogP contribution in [0.5, 0.6) is 0 Å². The van der Waals surface area contributed by atoms with Crippen LogP contribution in [0.25, 0.3) is 0 Å². The Labute approximate surface area is 157 Å². The first-order valence-electron chi connectivity index (χ1n) is 9.09. The first kappa shape index (κ1) is 17.5. The highest BCUT2D eigenvalue weighted by Crippen LogP contribution is 2.34. The topological polar surface area (TPSA) is 46.6 Å². The van der Waals surface area contributed by atoms with E-state index in [9.17, 15) is 14.0 Å². The smallest absolute Gasteiger partial charge is 0.204 e. The summed E-state index contributed by atoms with van der Waals surface area (Å²) in [5, 5.41) is 0. The molecule has 2 aromatic rings. The van der Waals surface area contributed by atoms with Crippen molar-refractivity contribution in [2.75, 3.05) is 13.2 Å². The quantitative estimate of drug-likeness (QED) is 0.616. The van der Waals surface area contributed by atoms with E-state index in [-0.39, 0.29) is 41.7 Å². The Morgan fingerprint density at radius 1 is 0.963 bits per heavy atom. The van der Waals surface area contributed by atoms with Gasteiger partial charge in [-0.05, 0) is 29.2 Å². The SMILES string of the molecule is O=C1CC(c2ccc(F)cc2)CC(=O)C1=C1OCCN1Cc1ccccc1. The van der Waals surface area contributed by atoms with Crippen molar-refractivity contribution in [1.82, 2.24) is 4.90 Å². The number of hydrogen-bond acceptors (Lipinski definition) is 4. The Bertz CT molecular complexity index is 870. The minimum absolute atomic E-state index is 0.182.